The number of nitrogens with one attached hydrogen (secondary N) is 2. The maximum Gasteiger partial charge on any atom is 0.353 e. The molecule has 30 heavy (non-hydrogen) atoms. The molecule has 0 atom stereocenters. The first kappa shape index (κ1) is 20.9. The second-order valence-corrected chi connectivity index (χ2v) is 6.91. The topological polar surface area (TPSA) is 96.9 Å². The molecule has 0 aliphatic rings. The van der Waals surface area contributed by atoms with Crippen LogP contribution < -0.4 is 15.5 Å². The number of para-hydroxylation sites is 1. The molecule has 2 N–H and O–H groups in total. The van der Waals surface area contributed by atoms with Gasteiger partial charge in [-0.05, 0) is 60.3 Å². The molecule has 7 nitrogen and oxygen atoms in total. The van der Waals surface area contributed by atoms with Gasteiger partial charge in [0.2, 0.25) is 0 Å². The Morgan fingerprint density at radius 3 is 2.37 bits per heavy atom. The van der Waals surface area contributed by atoms with Gasteiger partial charge in [0.25, 0.3) is 0 Å². The van der Waals surface area contributed by atoms with Crippen LogP contribution in [0, 0.1) is 5.82 Å². The SMILES string of the molecule is C/C(=N/NC(=O)C(=O)Nc1ccccc1F)c1ccc(OC(=O)c2cccs2)cc1. The normalized spacial score (nSPS) is 10.9. The van der Waals surface area contributed by atoms with Gasteiger partial charge in [0, 0.05) is 0 Å². The zero-order valence-corrected chi connectivity index (χ0v) is 16.5. The van der Waals surface area contributed by atoms with Crippen molar-refractivity contribution >= 4 is 40.5 Å². The minimum Gasteiger partial charge on any atom is -0.422 e. The fraction of sp³-hybridized carbons (Fsp3) is 0.0476. The van der Waals surface area contributed by atoms with Gasteiger partial charge in [-0.2, -0.15) is 5.10 Å². The van der Waals surface area contributed by atoms with Crippen LogP contribution in [0.1, 0.15) is 22.2 Å². The standard InChI is InChI=1S/C21H16FN3O4S/c1-13(24-25-20(27)19(26)23-17-6-3-2-5-16(17)22)14-8-10-15(11-9-14)29-21(28)18-7-4-12-30-18/h2-12H,1H3,(H,23,26)(H,25,27)/b24-13-. The number of rotatable bonds is 5. The van der Waals surface area contributed by atoms with Crippen LogP contribution in [0.5, 0.6) is 5.75 Å². The smallest absolute Gasteiger partial charge is 0.353 e. The molecule has 0 spiro atoms. The number of carbonyl (C=O) groups is 3. The number of hydrazone groups is 1. The zero-order chi connectivity index (χ0) is 21.5. The van der Waals surface area contributed by atoms with Gasteiger partial charge in [0.1, 0.15) is 16.4 Å². The van der Waals surface area contributed by atoms with Crippen LogP contribution in [0.3, 0.4) is 0 Å². The van der Waals surface area contributed by atoms with Crippen molar-refractivity contribution in [3.63, 3.8) is 0 Å². The number of hydrogen-bond donors (Lipinski definition) is 2. The highest BCUT2D eigenvalue weighted by atomic mass is 32.1. The third kappa shape index (κ3) is 5.36. The van der Waals surface area contributed by atoms with E-state index in [1.54, 1.807) is 48.7 Å². The Morgan fingerprint density at radius 1 is 0.967 bits per heavy atom. The number of nitrogens with zero attached hydrogens (tertiary/aromatic N) is 1. The van der Waals surface area contributed by atoms with Crippen molar-refractivity contribution in [2.75, 3.05) is 5.32 Å². The van der Waals surface area contributed by atoms with Crippen molar-refractivity contribution < 1.29 is 23.5 Å². The molecule has 152 valence electrons. The average Bonchev–Trinajstić information content (AvgIpc) is 3.29. The lowest BCUT2D eigenvalue weighted by molar-refractivity contribution is -0.136. The van der Waals surface area contributed by atoms with Gasteiger partial charge in [0.15, 0.2) is 0 Å². The number of hydrogen-bond acceptors (Lipinski definition) is 6. The summed E-state index contributed by atoms with van der Waals surface area (Å²) in [5.41, 5.74) is 3.07. The first-order chi connectivity index (χ1) is 14.4. The molecule has 3 rings (SSSR count). The van der Waals surface area contributed by atoms with Crippen molar-refractivity contribution in [1.82, 2.24) is 5.43 Å². The summed E-state index contributed by atoms with van der Waals surface area (Å²) >= 11 is 1.28. The Morgan fingerprint density at radius 2 is 1.70 bits per heavy atom. The van der Waals surface area contributed by atoms with Crippen molar-refractivity contribution in [2.24, 2.45) is 5.10 Å². The predicted octanol–water partition coefficient (Wildman–Crippen LogP) is 3.59. The van der Waals surface area contributed by atoms with Crippen LogP contribution >= 0.6 is 11.3 Å². The maximum atomic E-state index is 13.5. The fourth-order valence-electron chi connectivity index (χ4n) is 2.31. The lowest BCUT2D eigenvalue weighted by Crippen LogP contribution is -2.33. The van der Waals surface area contributed by atoms with Crippen LogP contribution in [0.25, 0.3) is 0 Å². The number of esters is 1. The van der Waals surface area contributed by atoms with E-state index in [4.69, 9.17) is 4.74 Å². The molecule has 9 heteroatoms. The van der Waals surface area contributed by atoms with E-state index in [0.717, 1.165) is 6.07 Å². The third-order valence-corrected chi connectivity index (χ3v) is 4.71. The van der Waals surface area contributed by atoms with Crippen molar-refractivity contribution in [3.05, 3.63) is 82.3 Å². The number of benzene rings is 2. The molecule has 3 aromatic rings. The monoisotopic (exact) mass is 425 g/mol. The van der Waals surface area contributed by atoms with Crippen LogP contribution in [0.15, 0.2) is 71.1 Å². The van der Waals surface area contributed by atoms with E-state index in [-0.39, 0.29) is 5.69 Å². The first-order valence-electron chi connectivity index (χ1n) is 8.70. The van der Waals surface area contributed by atoms with Crippen LogP contribution in [-0.2, 0) is 9.59 Å². The van der Waals surface area contributed by atoms with E-state index < -0.39 is 23.6 Å². The van der Waals surface area contributed by atoms with Crippen LogP contribution in [0.2, 0.25) is 0 Å². The van der Waals surface area contributed by atoms with E-state index in [1.165, 1.54) is 29.5 Å². The van der Waals surface area contributed by atoms with Crippen molar-refractivity contribution in [1.29, 1.82) is 0 Å². The molecule has 0 unspecified atom stereocenters. The molecule has 2 amide bonds. The molecule has 0 bridgehead atoms. The number of amides is 2. The summed E-state index contributed by atoms with van der Waals surface area (Å²) in [6, 6.07) is 15.4. The average molecular weight is 425 g/mol. The molecule has 0 fully saturated rings. The minimum atomic E-state index is -1.05. The Kier molecular flexibility index (Phi) is 6.66. The molecule has 0 aliphatic heterocycles. The molecule has 2 aromatic carbocycles. The summed E-state index contributed by atoms with van der Waals surface area (Å²) in [4.78, 5) is 36.2. The van der Waals surface area contributed by atoms with Gasteiger partial charge in [-0.15, -0.1) is 11.3 Å². The molecule has 0 aliphatic carbocycles. The van der Waals surface area contributed by atoms with Crippen LogP contribution in [-0.4, -0.2) is 23.5 Å². The van der Waals surface area contributed by atoms with E-state index in [1.807, 2.05) is 0 Å². The third-order valence-electron chi connectivity index (χ3n) is 3.86. The summed E-state index contributed by atoms with van der Waals surface area (Å²) < 4.78 is 18.8. The Bertz CT molecular complexity index is 1100. The fourth-order valence-corrected chi connectivity index (χ4v) is 2.91. The summed E-state index contributed by atoms with van der Waals surface area (Å²) in [6.45, 7) is 1.63. The molecule has 0 saturated heterocycles. The van der Waals surface area contributed by atoms with Gasteiger partial charge in [-0.3, -0.25) is 9.59 Å². The van der Waals surface area contributed by atoms with Gasteiger partial charge in [-0.1, -0.05) is 18.2 Å². The quantitative estimate of drug-likeness (QED) is 0.215. The van der Waals surface area contributed by atoms with Crippen molar-refractivity contribution in [2.45, 2.75) is 6.92 Å². The lowest BCUT2D eigenvalue weighted by Gasteiger charge is -2.06. The molecule has 1 heterocycles. The van der Waals surface area contributed by atoms with Gasteiger partial charge in [0.05, 0.1) is 11.4 Å². The summed E-state index contributed by atoms with van der Waals surface area (Å²) in [5, 5.41) is 7.82. The lowest BCUT2D eigenvalue weighted by atomic mass is 10.1. The van der Waals surface area contributed by atoms with Gasteiger partial charge < -0.3 is 10.1 Å². The highest BCUT2D eigenvalue weighted by Gasteiger charge is 2.15. The number of halogens is 1. The summed E-state index contributed by atoms with van der Waals surface area (Å²) in [7, 11) is 0. The largest absolute Gasteiger partial charge is 0.422 e. The van der Waals surface area contributed by atoms with E-state index >= 15 is 0 Å². The van der Waals surface area contributed by atoms with Crippen LogP contribution in [0.4, 0.5) is 10.1 Å². The number of carbonyl (C=O) groups excluding carboxylic acids is 3. The van der Waals surface area contributed by atoms with Gasteiger partial charge >= 0.3 is 17.8 Å². The highest BCUT2D eigenvalue weighted by Crippen LogP contribution is 2.17. The van der Waals surface area contributed by atoms with Crippen molar-refractivity contribution in [3.8, 4) is 5.75 Å². The number of ether oxygens (including phenoxy) is 1. The first-order valence-corrected chi connectivity index (χ1v) is 9.58. The molecular weight excluding hydrogens is 409 g/mol. The second-order valence-electron chi connectivity index (χ2n) is 5.96. The summed E-state index contributed by atoms with van der Waals surface area (Å²) in [6.07, 6.45) is 0. The number of anilines is 1. The van der Waals surface area contributed by atoms with E-state index in [2.05, 4.69) is 15.8 Å². The minimum absolute atomic E-state index is 0.106. The number of thiophene rings is 1. The maximum absolute atomic E-state index is 13.5. The highest BCUT2D eigenvalue weighted by molar-refractivity contribution is 7.12. The van der Waals surface area contributed by atoms with E-state index in [0.29, 0.717) is 21.9 Å². The Hall–Kier alpha value is -3.85. The molecule has 0 saturated carbocycles. The molecule has 0 radical (unpaired) electrons. The zero-order valence-electron chi connectivity index (χ0n) is 15.7. The predicted molar refractivity (Wildman–Crippen MR) is 111 cm³/mol. The van der Waals surface area contributed by atoms with E-state index in [9.17, 15) is 18.8 Å². The summed E-state index contributed by atoms with van der Waals surface area (Å²) in [5.74, 6) is -2.83. The second kappa shape index (κ2) is 9.57. The molecule has 1 aromatic heterocycles. The Balaban J connectivity index is 1.57. The Labute approximate surface area is 175 Å². The molecular formula is C21H16FN3O4S. The van der Waals surface area contributed by atoms with Gasteiger partial charge in [-0.25, -0.2) is 14.6 Å².